The highest BCUT2D eigenvalue weighted by Crippen LogP contribution is 2.19. The topological polar surface area (TPSA) is 67.4 Å². The smallest absolute Gasteiger partial charge is 0.276 e. The zero-order valence-corrected chi connectivity index (χ0v) is 13.0. The first-order valence-corrected chi connectivity index (χ1v) is 7.49. The lowest BCUT2D eigenvalue weighted by atomic mass is 10.1. The molecule has 1 atom stereocenters. The van der Waals surface area contributed by atoms with E-state index in [1.165, 1.54) is 5.56 Å². The van der Waals surface area contributed by atoms with Crippen LogP contribution in [0, 0.1) is 19.8 Å². The minimum atomic E-state index is -0.381. The number of benzene rings is 1. The average Bonchev–Trinajstić information content (AvgIpc) is 2.99. The number of carbonyl (C=O) groups is 2. The number of allylic oxidation sites excluding steroid dienone is 2. The van der Waals surface area contributed by atoms with Crippen LogP contribution in [0.1, 0.15) is 30.4 Å². The van der Waals surface area contributed by atoms with Gasteiger partial charge in [-0.3, -0.25) is 20.4 Å². The van der Waals surface area contributed by atoms with Crippen LogP contribution in [0.2, 0.25) is 0 Å². The maximum absolute atomic E-state index is 11.7. The van der Waals surface area contributed by atoms with Gasteiger partial charge in [-0.25, -0.2) is 0 Å². The Morgan fingerprint density at radius 1 is 1.18 bits per heavy atom. The predicted molar refractivity (Wildman–Crippen MR) is 84.2 cm³/mol. The molecule has 0 aliphatic heterocycles. The fraction of sp³-hybridized carbons (Fsp3) is 0.412. The van der Waals surface area contributed by atoms with E-state index < -0.39 is 0 Å². The molecule has 1 aliphatic rings. The van der Waals surface area contributed by atoms with Crippen molar-refractivity contribution in [2.75, 3.05) is 6.61 Å². The monoisotopic (exact) mass is 302 g/mol. The fourth-order valence-corrected chi connectivity index (χ4v) is 2.28. The van der Waals surface area contributed by atoms with E-state index in [0.29, 0.717) is 12.2 Å². The summed E-state index contributed by atoms with van der Waals surface area (Å²) in [6.07, 6.45) is 6.54. The molecule has 0 radical (unpaired) electrons. The molecule has 2 rings (SSSR count). The highest BCUT2D eigenvalue weighted by atomic mass is 16.5. The van der Waals surface area contributed by atoms with Crippen LogP contribution in [0.25, 0.3) is 0 Å². The molecular formula is C17H22N2O3. The summed E-state index contributed by atoms with van der Waals surface area (Å²) in [4.78, 5) is 23.3. The van der Waals surface area contributed by atoms with Gasteiger partial charge in [-0.2, -0.15) is 0 Å². The number of amides is 2. The Kier molecular flexibility index (Phi) is 5.58. The normalized spacial score (nSPS) is 16.4. The van der Waals surface area contributed by atoms with E-state index in [9.17, 15) is 9.59 Å². The Bertz CT molecular complexity index is 581. The summed E-state index contributed by atoms with van der Waals surface area (Å²) < 4.78 is 5.39. The molecule has 118 valence electrons. The quantitative estimate of drug-likeness (QED) is 0.647. The first-order valence-electron chi connectivity index (χ1n) is 7.49. The number of rotatable bonds is 5. The van der Waals surface area contributed by atoms with Crippen LogP contribution in [0.3, 0.4) is 0 Å². The van der Waals surface area contributed by atoms with Crippen molar-refractivity contribution in [2.45, 2.75) is 33.1 Å². The molecule has 0 aromatic heterocycles. The molecule has 1 unspecified atom stereocenters. The SMILES string of the molecule is Cc1ccc(OCC(=O)NNC(=O)CC2C=CCC2)cc1C. The maximum atomic E-state index is 11.7. The molecule has 2 N–H and O–H groups in total. The third-order valence-corrected chi connectivity index (χ3v) is 3.75. The van der Waals surface area contributed by atoms with Crippen LogP contribution >= 0.6 is 0 Å². The van der Waals surface area contributed by atoms with E-state index in [2.05, 4.69) is 16.9 Å². The van der Waals surface area contributed by atoms with E-state index in [-0.39, 0.29) is 24.3 Å². The summed E-state index contributed by atoms with van der Waals surface area (Å²) in [5.74, 6) is 0.356. The molecule has 0 saturated heterocycles. The van der Waals surface area contributed by atoms with Crippen molar-refractivity contribution in [3.05, 3.63) is 41.5 Å². The molecule has 5 heteroatoms. The van der Waals surface area contributed by atoms with Gasteiger partial charge in [0.15, 0.2) is 6.61 Å². The Morgan fingerprint density at radius 2 is 1.95 bits per heavy atom. The number of hydrogen-bond acceptors (Lipinski definition) is 3. The second-order valence-electron chi connectivity index (χ2n) is 5.60. The molecule has 0 heterocycles. The fourth-order valence-electron chi connectivity index (χ4n) is 2.28. The second-order valence-corrected chi connectivity index (χ2v) is 5.60. The number of hydrogen-bond donors (Lipinski definition) is 2. The number of aryl methyl sites for hydroxylation is 2. The predicted octanol–water partition coefficient (Wildman–Crippen LogP) is 2.19. The number of nitrogens with one attached hydrogen (secondary N) is 2. The second kappa shape index (κ2) is 7.64. The third-order valence-electron chi connectivity index (χ3n) is 3.75. The Balaban J connectivity index is 1.67. The van der Waals surface area contributed by atoms with Gasteiger partial charge in [0.2, 0.25) is 5.91 Å². The number of ether oxygens (including phenoxy) is 1. The van der Waals surface area contributed by atoms with E-state index in [4.69, 9.17) is 4.74 Å². The van der Waals surface area contributed by atoms with Gasteiger partial charge in [-0.1, -0.05) is 18.2 Å². The van der Waals surface area contributed by atoms with Crippen molar-refractivity contribution in [3.8, 4) is 5.75 Å². The Labute approximate surface area is 130 Å². The Morgan fingerprint density at radius 3 is 2.64 bits per heavy atom. The first kappa shape index (κ1) is 16.1. The van der Waals surface area contributed by atoms with Crippen LogP contribution in [-0.2, 0) is 9.59 Å². The van der Waals surface area contributed by atoms with E-state index in [0.717, 1.165) is 18.4 Å². The summed E-state index contributed by atoms with van der Waals surface area (Å²) in [6.45, 7) is 3.87. The number of hydrazine groups is 1. The summed E-state index contributed by atoms with van der Waals surface area (Å²) in [6, 6.07) is 5.65. The van der Waals surface area contributed by atoms with Crippen LogP contribution < -0.4 is 15.6 Å². The lowest BCUT2D eigenvalue weighted by Crippen LogP contribution is -2.44. The molecule has 0 spiro atoms. The molecule has 2 amide bonds. The van der Waals surface area contributed by atoms with Crippen molar-refractivity contribution >= 4 is 11.8 Å². The van der Waals surface area contributed by atoms with Gasteiger partial charge in [-0.15, -0.1) is 0 Å². The molecule has 22 heavy (non-hydrogen) atoms. The number of carbonyl (C=O) groups excluding carboxylic acids is 2. The summed E-state index contributed by atoms with van der Waals surface area (Å²) in [5.41, 5.74) is 7.06. The van der Waals surface area contributed by atoms with Crippen molar-refractivity contribution in [1.82, 2.24) is 10.9 Å². The molecule has 5 nitrogen and oxygen atoms in total. The molecule has 0 saturated carbocycles. The summed E-state index contributed by atoms with van der Waals surface area (Å²) in [7, 11) is 0. The third kappa shape index (κ3) is 4.91. The van der Waals surface area contributed by atoms with Gasteiger partial charge in [0, 0.05) is 6.42 Å². The van der Waals surface area contributed by atoms with Gasteiger partial charge >= 0.3 is 0 Å². The molecule has 0 bridgehead atoms. The molecule has 1 aromatic carbocycles. The molecule has 1 aromatic rings. The lowest BCUT2D eigenvalue weighted by Gasteiger charge is -2.11. The lowest BCUT2D eigenvalue weighted by molar-refractivity contribution is -0.130. The highest BCUT2D eigenvalue weighted by molar-refractivity contribution is 5.82. The maximum Gasteiger partial charge on any atom is 0.276 e. The molecular weight excluding hydrogens is 280 g/mol. The largest absolute Gasteiger partial charge is 0.484 e. The standard InChI is InChI=1S/C17H22N2O3/c1-12-7-8-15(9-13(12)2)22-11-17(21)19-18-16(20)10-14-5-3-4-6-14/h3,5,7-9,14H,4,6,10-11H2,1-2H3,(H,18,20)(H,19,21). The Hall–Kier alpha value is -2.30. The minimum Gasteiger partial charge on any atom is -0.484 e. The van der Waals surface area contributed by atoms with Crippen LogP contribution in [0.5, 0.6) is 5.75 Å². The average molecular weight is 302 g/mol. The van der Waals surface area contributed by atoms with E-state index >= 15 is 0 Å². The first-order chi connectivity index (χ1) is 10.5. The van der Waals surface area contributed by atoms with Crippen molar-refractivity contribution in [1.29, 1.82) is 0 Å². The van der Waals surface area contributed by atoms with Crippen molar-refractivity contribution in [3.63, 3.8) is 0 Å². The summed E-state index contributed by atoms with van der Waals surface area (Å²) >= 11 is 0. The van der Waals surface area contributed by atoms with Crippen molar-refractivity contribution < 1.29 is 14.3 Å². The van der Waals surface area contributed by atoms with E-state index in [1.54, 1.807) is 0 Å². The van der Waals surface area contributed by atoms with E-state index in [1.807, 2.05) is 38.1 Å². The van der Waals surface area contributed by atoms with Crippen molar-refractivity contribution in [2.24, 2.45) is 5.92 Å². The van der Waals surface area contributed by atoms with Gasteiger partial charge in [0.25, 0.3) is 5.91 Å². The van der Waals surface area contributed by atoms with Crippen LogP contribution in [0.4, 0.5) is 0 Å². The van der Waals surface area contributed by atoms with Crippen LogP contribution in [-0.4, -0.2) is 18.4 Å². The summed E-state index contributed by atoms with van der Waals surface area (Å²) in [5, 5.41) is 0. The van der Waals surface area contributed by atoms with Gasteiger partial charge in [0.05, 0.1) is 0 Å². The highest BCUT2D eigenvalue weighted by Gasteiger charge is 2.14. The van der Waals surface area contributed by atoms with Gasteiger partial charge < -0.3 is 4.74 Å². The molecule has 0 fully saturated rings. The van der Waals surface area contributed by atoms with Gasteiger partial charge in [-0.05, 0) is 55.9 Å². The zero-order chi connectivity index (χ0) is 15.9. The zero-order valence-electron chi connectivity index (χ0n) is 13.0. The van der Waals surface area contributed by atoms with Gasteiger partial charge in [0.1, 0.15) is 5.75 Å². The van der Waals surface area contributed by atoms with Crippen LogP contribution in [0.15, 0.2) is 30.4 Å². The molecule has 1 aliphatic carbocycles. The minimum absolute atomic E-state index is 0.133.